The van der Waals surface area contributed by atoms with Crippen molar-refractivity contribution in [3.8, 4) is 0 Å². The van der Waals surface area contributed by atoms with Gasteiger partial charge in [0.1, 0.15) is 5.82 Å². The molecule has 0 aliphatic carbocycles. The average molecular weight is 301 g/mol. The van der Waals surface area contributed by atoms with Gasteiger partial charge in [0, 0.05) is 0 Å². The number of imidazole rings is 1. The highest BCUT2D eigenvalue weighted by molar-refractivity contribution is 7.91. The smallest absolute Gasteiger partial charge is 0.341 e. The van der Waals surface area contributed by atoms with Gasteiger partial charge in [0.25, 0.3) is 0 Å². The summed E-state index contributed by atoms with van der Waals surface area (Å²) in [5, 5.41) is 2.82. The molecule has 0 atom stereocenters. The van der Waals surface area contributed by atoms with Crippen LogP contribution in [-0.4, -0.2) is 24.1 Å². The topological polar surface area (TPSA) is 74.8 Å². The first-order valence-corrected chi connectivity index (χ1v) is 7.31. The normalized spacial score (nSPS) is 11.8. The lowest BCUT2D eigenvalue weighted by Crippen LogP contribution is -2.14. The molecule has 20 heavy (non-hydrogen) atoms. The van der Waals surface area contributed by atoms with Crippen LogP contribution in [0.1, 0.15) is 11.5 Å². The van der Waals surface area contributed by atoms with Crippen molar-refractivity contribution in [1.29, 1.82) is 0 Å². The molecule has 2 N–H and O–H groups in total. The van der Waals surface area contributed by atoms with Crippen LogP contribution in [-0.2, 0) is 16.4 Å². The van der Waals surface area contributed by atoms with Crippen molar-refractivity contribution in [2.75, 3.05) is 5.32 Å². The van der Waals surface area contributed by atoms with Gasteiger partial charge in [-0.05, 0) is 19.1 Å². The molecule has 1 aromatic heterocycles. The van der Waals surface area contributed by atoms with Gasteiger partial charge >= 0.3 is 5.76 Å². The van der Waals surface area contributed by atoms with Crippen molar-refractivity contribution in [2.45, 2.75) is 24.1 Å². The minimum absolute atomic E-state index is 0.139. The minimum Gasteiger partial charge on any atom is -0.378 e. The van der Waals surface area contributed by atoms with Crippen molar-refractivity contribution >= 4 is 15.5 Å². The lowest BCUT2D eigenvalue weighted by atomic mass is 10.3. The molecule has 0 aliphatic heterocycles. The molecule has 108 valence electrons. The number of para-hydroxylation sites is 1. The Morgan fingerprint density at radius 1 is 1.35 bits per heavy atom. The zero-order valence-corrected chi connectivity index (χ0v) is 11.4. The van der Waals surface area contributed by atoms with Crippen LogP contribution in [0.5, 0.6) is 0 Å². The van der Waals surface area contributed by atoms with Crippen LogP contribution in [0.2, 0.25) is 0 Å². The second-order valence-electron chi connectivity index (χ2n) is 4.15. The second kappa shape index (κ2) is 5.58. The Hall–Kier alpha value is -1.96. The van der Waals surface area contributed by atoms with E-state index in [1.165, 1.54) is 12.1 Å². The summed E-state index contributed by atoms with van der Waals surface area (Å²) in [5.74, 6) is -2.73. The summed E-state index contributed by atoms with van der Waals surface area (Å²) in [7, 11) is -4.63. The molecule has 0 saturated carbocycles. The molecule has 1 heterocycles. The van der Waals surface area contributed by atoms with Crippen LogP contribution < -0.4 is 5.32 Å². The van der Waals surface area contributed by atoms with E-state index in [1.54, 1.807) is 19.2 Å². The van der Waals surface area contributed by atoms with Gasteiger partial charge in [-0.15, -0.1) is 0 Å². The molecule has 0 amide bonds. The number of nitrogens with one attached hydrogen (secondary N) is 2. The third-order valence-electron chi connectivity index (χ3n) is 2.65. The van der Waals surface area contributed by atoms with Crippen molar-refractivity contribution < 1.29 is 17.2 Å². The van der Waals surface area contributed by atoms with Crippen LogP contribution >= 0.6 is 0 Å². The van der Waals surface area contributed by atoms with E-state index in [1.807, 2.05) is 0 Å². The number of H-pyrrole nitrogens is 1. The summed E-state index contributed by atoms with van der Waals surface area (Å²) in [5.41, 5.74) is 0.867. The van der Waals surface area contributed by atoms with Gasteiger partial charge in [-0.2, -0.15) is 8.78 Å². The van der Waals surface area contributed by atoms with E-state index in [9.17, 15) is 17.2 Å². The predicted molar refractivity (Wildman–Crippen MR) is 70.3 cm³/mol. The molecule has 8 heteroatoms. The molecule has 0 unspecified atom stereocenters. The number of nitrogens with zero attached hydrogens (tertiary/aromatic N) is 1. The van der Waals surface area contributed by atoms with E-state index in [-0.39, 0.29) is 12.2 Å². The fraction of sp³-hybridized carbons (Fsp3) is 0.250. The molecule has 0 fully saturated rings. The maximum absolute atomic E-state index is 12.6. The molecule has 5 nitrogen and oxygen atoms in total. The number of benzene rings is 1. The van der Waals surface area contributed by atoms with Crippen LogP contribution in [0.25, 0.3) is 0 Å². The number of sulfone groups is 1. The summed E-state index contributed by atoms with van der Waals surface area (Å²) >= 11 is 0. The number of rotatable bonds is 5. The van der Waals surface area contributed by atoms with Gasteiger partial charge in [-0.25, -0.2) is 13.4 Å². The van der Waals surface area contributed by atoms with E-state index in [4.69, 9.17) is 0 Å². The number of hydrogen-bond acceptors (Lipinski definition) is 4. The zero-order chi connectivity index (χ0) is 14.8. The van der Waals surface area contributed by atoms with Gasteiger partial charge in [0.05, 0.1) is 29.0 Å². The van der Waals surface area contributed by atoms with Crippen molar-refractivity contribution in [3.05, 3.63) is 42.0 Å². The van der Waals surface area contributed by atoms with E-state index in [2.05, 4.69) is 15.3 Å². The van der Waals surface area contributed by atoms with Crippen molar-refractivity contribution in [2.24, 2.45) is 0 Å². The summed E-state index contributed by atoms with van der Waals surface area (Å²) in [6.07, 6.45) is 1.59. The quantitative estimate of drug-likeness (QED) is 0.889. The lowest BCUT2D eigenvalue weighted by Gasteiger charge is -2.11. The number of halogens is 2. The summed E-state index contributed by atoms with van der Waals surface area (Å²) < 4.78 is 48.3. The third-order valence-corrected chi connectivity index (χ3v) is 4.09. The van der Waals surface area contributed by atoms with Gasteiger partial charge in [0.2, 0.25) is 9.84 Å². The molecule has 2 aromatic rings. The molecular formula is C12H13F2N3O2S. The van der Waals surface area contributed by atoms with Crippen LogP contribution in [0.3, 0.4) is 0 Å². The predicted octanol–water partition coefficient (Wildman–Crippen LogP) is 2.33. The summed E-state index contributed by atoms with van der Waals surface area (Å²) in [6.45, 7) is 2.04. The monoisotopic (exact) mass is 301 g/mol. The highest BCUT2D eigenvalue weighted by Crippen LogP contribution is 2.26. The number of anilines is 1. The first-order chi connectivity index (χ1) is 9.41. The maximum Gasteiger partial charge on any atom is 0.341 e. The SMILES string of the molecule is Cc1ncc(CNc2ccccc2S(=O)(=O)C(F)F)[nH]1. The molecule has 0 radical (unpaired) electrons. The Morgan fingerprint density at radius 3 is 2.65 bits per heavy atom. The van der Waals surface area contributed by atoms with Gasteiger partial charge < -0.3 is 10.3 Å². The number of aromatic nitrogens is 2. The molecule has 0 spiro atoms. The molecule has 2 rings (SSSR count). The number of aromatic amines is 1. The lowest BCUT2D eigenvalue weighted by molar-refractivity contribution is 0.235. The third kappa shape index (κ3) is 2.96. The highest BCUT2D eigenvalue weighted by Gasteiger charge is 2.28. The Bertz CT molecular complexity index is 698. The van der Waals surface area contributed by atoms with Crippen LogP contribution in [0, 0.1) is 6.92 Å². The fourth-order valence-corrected chi connectivity index (χ4v) is 2.62. The van der Waals surface area contributed by atoms with Crippen molar-refractivity contribution in [3.63, 3.8) is 0 Å². The van der Waals surface area contributed by atoms with Gasteiger partial charge in [-0.3, -0.25) is 0 Å². The summed E-state index contributed by atoms with van der Waals surface area (Å²) in [4.78, 5) is 6.54. The Morgan fingerprint density at radius 2 is 2.05 bits per heavy atom. The fourth-order valence-electron chi connectivity index (χ4n) is 1.71. The average Bonchev–Trinajstić information content (AvgIpc) is 2.82. The van der Waals surface area contributed by atoms with E-state index >= 15 is 0 Å². The van der Waals surface area contributed by atoms with Crippen molar-refractivity contribution in [1.82, 2.24) is 9.97 Å². The van der Waals surface area contributed by atoms with E-state index in [0.29, 0.717) is 0 Å². The molecular weight excluding hydrogens is 288 g/mol. The van der Waals surface area contributed by atoms with Gasteiger partial charge in [0.15, 0.2) is 0 Å². The second-order valence-corrected chi connectivity index (χ2v) is 6.04. The Labute approximate surface area is 115 Å². The number of aryl methyl sites for hydroxylation is 1. The van der Waals surface area contributed by atoms with Crippen LogP contribution in [0.4, 0.5) is 14.5 Å². The van der Waals surface area contributed by atoms with E-state index < -0.39 is 20.5 Å². The largest absolute Gasteiger partial charge is 0.378 e. The zero-order valence-electron chi connectivity index (χ0n) is 10.6. The van der Waals surface area contributed by atoms with Gasteiger partial charge in [-0.1, -0.05) is 12.1 Å². The number of alkyl halides is 2. The molecule has 0 saturated heterocycles. The first kappa shape index (κ1) is 14.4. The van der Waals surface area contributed by atoms with E-state index in [0.717, 1.165) is 17.6 Å². The maximum atomic E-state index is 12.6. The highest BCUT2D eigenvalue weighted by atomic mass is 32.2. The standard InChI is InChI=1S/C12H13F2N3O2S/c1-8-15-6-9(17-8)7-16-10-4-2-3-5-11(10)20(18,19)12(13)14/h2-6,12,16H,7H2,1H3,(H,15,17). The molecule has 0 aliphatic rings. The molecule has 0 bridgehead atoms. The summed E-state index contributed by atoms with van der Waals surface area (Å²) in [6, 6.07) is 5.58. The Balaban J connectivity index is 2.25. The Kier molecular flexibility index (Phi) is 4.03. The molecule has 1 aromatic carbocycles. The first-order valence-electron chi connectivity index (χ1n) is 5.76. The number of hydrogen-bond donors (Lipinski definition) is 2. The minimum atomic E-state index is -4.63. The van der Waals surface area contributed by atoms with Crippen LogP contribution in [0.15, 0.2) is 35.4 Å².